The lowest BCUT2D eigenvalue weighted by Gasteiger charge is -2.12. The summed E-state index contributed by atoms with van der Waals surface area (Å²) in [4.78, 5) is 4.29. The van der Waals surface area contributed by atoms with Crippen molar-refractivity contribution in [3.05, 3.63) is 40.5 Å². The zero-order valence-electron chi connectivity index (χ0n) is 11.8. The fourth-order valence-corrected chi connectivity index (χ4v) is 2.14. The number of nitrogen functional groups attached to an aromatic ring is 1. The molecule has 0 fully saturated rings. The fraction of sp³-hybridized carbons (Fsp3) is 0.267. The van der Waals surface area contributed by atoms with E-state index in [0.29, 0.717) is 5.69 Å². The van der Waals surface area contributed by atoms with E-state index in [9.17, 15) is 0 Å². The van der Waals surface area contributed by atoms with E-state index in [4.69, 9.17) is 10.5 Å². The van der Waals surface area contributed by atoms with Crippen molar-refractivity contribution in [3.63, 3.8) is 0 Å². The maximum atomic E-state index is 5.81. The van der Waals surface area contributed by atoms with Crippen LogP contribution in [0.1, 0.15) is 19.4 Å². The van der Waals surface area contributed by atoms with E-state index >= 15 is 0 Å². The number of halogens is 1. The Morgan fingerprint density at radius 3 is 2.50 bits per heavy atom. The van der Waals surface area contributed by atoms with Crippen LogP contribution in [0, 0.1) is 6.92 Å². The van der Waals surface area contributed by atoms with E-state index in [0.717, 1.165) is 27.3 Å². The van der Waals surface area contributed by atoms with Crippen molar-refractivity contribution < 1.29 is 4.74 Å². The Labute approximate surface area is 127 Å². The predicted octanol–water partition coefficient (Wildman–Crippen LogP) is 4.27. The van der Waals surface area contributed by atoms with Gasteiger partial charge in [0.2, 0.25) is 0 Å². The zero-order valence-corrected chi connectivity index (χ0v) is 13.4. The van der Waals surface area contributed by atoms with Crippen molar-refractivity contribution in [1.29, 1.82) is 0 Å². The summed E-state index contributed by atoms with van der Waals surface area (Å²) >= 11 is 3.51. The van der Waals surface area contributed by atoms with E-state index in [1.54, 1.807) is 6.20 Å². The molecule has 0 amide bonds. The summed E-state index contributed by atoms with van der Waals surface area (Å²) in [5.74, 6) is 1.60. The Bertz CT molecular complexity index is 597. The lowest BCUT2D eigenvalue weighted by atomic mass is 10.2. The Hall–Kier alpha value is -1.75. The first kappa shape index (κ1) is 14.7. The number of hydrogen-bond donors (Lipinski definition) is 2. The summed E-state index contributed by atoms with van der Waals surface area (Å²) in [6.07, 6.45) is 1.82. The van der Waals surface area contributed by atoms with Crippen LogP contribution in [0.5, 0.6) is 5.75 Å². The van der Waals surface area contributed by atoms with Gasteiger partial charge in [-0.2, -0.15) is 0 Å². The first-order valence-corrected chi connectivity index (χ1v) is 7.21. The molecule has 0 atom stereocenters. The molecule has 1 aromatic heterocycles. The highest BCUT2D eigenvalue weighted by Gasteiger charge is 2.07. The van der Waals surface area contributed by atoms with Gasteiger partial charge < -0.3 is 15.8 Å². The predicted molar refractivity (Wildman–Crippen MR) is 86.6 cm³/mol. The van der Waals surface area contributed by atoms with Crippen molar-refractivity contribution in [2.24, 2.45) is 0 Å². The lowest BCUT2D eigenvalue weighted by molar-refractivity contribution is 0.242. The average molecular weight is 336 g/mol. The standard InChI is InChI=1S/C15H18BrN3O/c1-9(2)20-12-6-4-11(5-7-12)19-15-14(16)10(3)13(17)8-18-15/h4-9H,17H2,1-3H3,(H,18,19). The number of aromatic nitrogens is 1. The number of benzene rings is 1. The molecular formula is C15H18BrN3O. The molecule has 106 valence electrons. The highest BCUT2D eigenvalue weighted by molar-refractivity contribution is 9.10. The largest absolute Gasteiger partial charge is 0.491 e. The van der Waals surface area contributed by atoms with Crippen molar-refractivity contribution in [1.82, 2.24) is 4.98 Å². The van der Waals surface area contributed by atoms with E-state index in [1.165, 1.54) is 0 Å². The van der Waals surface area contributed by atoms with E-state index < -0.39 is 0 Å². The van der Waals surface area contributed by atoms with Gasteiger partial charge in [0.1, 0.15) is 11.6 Å². The summed E-state index contributed by atoms with van der Waals surface area (Å²) in [7, 11) is 0. The van der Waals surface area contributed by atoms with Crippen LogP contribution in [-0.2, 0) is 0 Å². The van der Waals surface area contributed by atoms with Crippen LogP contribution >= 0.6 is 15.9 Å². The van der Waals surface area contributed by atoms with Gasteiger partial charge in [0, 0.05) is 5.69 Å². The molecular weight excluding hydrogens is 318 g/mol. The molecule has 5 heteroatoms. The third-order valence-corrected chi connectivity index (χ3v) is 3.76. The van der Waals surface area contributed by atoms with Gasteiger partial charge in [-0.25, -0.2) is 4.98 Å². The van der Waals surface area contributed by atoms with Crippen LogP contribution < -0.4 is 15.8 Å². The summed E-state index contributed by atoms with van der Waals surface area (Å²) in [6.45, 7) is 5.96. The minimum absolute atomic E-state index is 0.171. The average Bonchev–Trinajstić information content (AvgIpc) is 2.41. The molecule has 0 aliphatic rings. The second kappa shape index (κ2) is 6.13. The monoisotopic (exact) mass is 335 g/mol. The molecule has 0 unspecified atom stereocenters. The molecule has 3 N–H and O–H groups in total. The molecule has 0 saturated heterocycles. The summed E-state index contributed by atoms with van der Waals surface area (Å²) in [5.41, 5.74) is 8.40. The summed E-state index contributed by atoms with van der Waals surface area (Å²) in [5, 5.41) is 3.25. The van der Waals surface area contributed by atoms with E-state index in [2.05, 4.69) is 26.2 Å². The molecule has 0 radical (unpaired) electrons. The lowest BCUT2D eigenvalue weighted by Crippen LogP contribution is -2.05. The van der Waals surface area contributed by atoms with Gasteiger partial charge in [-0.15, -0.1) is 0 Å². The number of nitrogens with zero attached hydrogens (tertiary/aromatic N) is 1. The zero-order chi connectivity index (χ0) is 14.7. The summed E-state index contributed by atoms with van der Waals surface area (Å²) < 4.78 is 6.48. The highest BCUT2D eigenvalue weighted by Crippen LogP contribution is 2.30. The fourth-order valence-electron chi connectivity index (χ4n) is 1.70. The molecule has 0 spiro atoms. The van der Waals surface area contributed by atoms with Crippen LogP contribution in [-0.4, -0.2) is 11.1 Å². The molecule has 20 heavy (non-hydrogen) atoms. The van der Waals surface area contributed by atoms with Crippen LogP contribution in [0.3, 0.4) is 0 Å². The van der Waals surface area contributed by atoms with Gasteiger partial charge in [0.05, 0.1) is 22.5 Å². The van der Waals surface area contributed by atoms with Gasteiger partial charge in [-0.1, -0.05) is 0 Å². The molecule has 2 rings (SSSR count). The second-order valence-electron chi connectivity index (χ2n) is 4.82. The van der Waals surface area contributed by atoms with Crippen molar-refractivity contribution >= 4 is 33.1 Å². The Morgan fingerprint density at radius 1 is 1.25 bits per heavy atom. The minimum Gasteiger partial charge on any atom is -0.491 e. The topological polar surface area (TPSA) is 60.2 Å². The van der Waals surface area contributed by atoms with Gasteiger partial charge in [0.25, 0.3) is 0 Å². The van der Waals surface area contributed by atoms with Crippen molar-refractivity contribution in [2.45, 2.75) is 26.9 Å². The molecule has 1 aromatic carbocycles. The van der Waals surface area contributed by atoms with E-state index in [1.807, 2.05) is 45.0 Å². The maximum absolute atomic E-state index is 5.81. The Morgan fingerprint density at radius 2 is 1.90 bits per heavy atom. The van der Waals surface area contributed by atoms with Crippen molar-refractivity contribution in [3.8, 4) is 5.75 Å². The highest BCUT2D eigenvalue weighted by atomic mass is 79.9. The van der Waals surface area contributed by atoms with E-state index in [-0.39, 0.29) is 6.10 Å². The Balaban J connectivity index is 2.16. The van der Waals surface area contributed by atoms with Crippen LogP contribution in [0.25, 0.3) is 0 Å². The first-order chi connectivity index (χ1) is 9.47. The second-order valence-corrected chi connectivity index (χ2v) is 5.61. The molecule has 0 aliphatic heterocycles. The number of nitrogens with one attached hydrogen (secondary N) is 1. The first-order valence-electron chi connectivity index (χ1n) is 6.41. The third kappa shape index (κ3) is 3.42. The van der Waals surface area contributed by atoms with Gasteiger partial charge in [-0.3, -0.25) is 0 Å². The number of rotatable bonds is 4. The molecule has 0 saturated carbocycles. The molecule has 4 nitrogen and oxygen atoms in total. The molecule has 0 aliphatic carbocycles. The number of ether oxygens (including phenoxy) is 1. The number of pyridine rings is 1. The number of nitrogens with two attached hydrogens (primary N) is 1. The molecule has 1 heterocycles. The van der Waals surface area contributed by atoms with Crippen molar-refractivity contribution in [2.75, 3.05) is 11.1 Å². The maximum Gasteiger partial charge on any atom is 0.145 e. The van der Waals surface area contributed by atoms with Gasteiger partial charge >= 0.3 is 0 Å². The van der Waals surface area contributed by atoms with Gasteiger partial charge in [-0.05, 0) is 66.5 Å². The smallest absolute Gasteiger partial charge is 0.145 e. The number of anilines is 3. The quantitative estimate of drug-likeness (QED) is 0.876. The normalized spacial score (nSPS) is 10.7. The van der Waals surface area contributed by atoms with Crippen LogP contribution in [0.4, 0.5) is 17.2 Å². The molecule has 2 aromatic rings. The SMILES string of the molecule is Cc1c(N)cnc(Nc2ccc(OC(C)C)cc2)c1Br. The van der Waals surface area contributed by atoms with Crippen LogP contribution in [0.2, 0.25) is 0 Å². The van der Waals surface area contributed by atoms with Gasteiger partial charge in [0.15, 0.2) is 0 Å². The Kier molecular flexibility index (Phi) is 4.49. The third-order valence-electron chi connectivity index (χ3n) is 2.79. The minimum atomic E-state index is 0.171. The summed E-state index contributed by atoms with van der Waals surface area (Å²) in [6, 6.07) is 7.77. The number of hydrogen-bond acceptors (Lipinski definition) is 4. The molecule has 0 bridgehead atoms. The van der Waals surface area contributed by atoms with Crippen LogP contribution in [0.15, 0.2) is 34.9 Å².